The average molecular weight is 290 g/mol. The normalized spacial score (nSPS) is 13.2. The van der Waals surface area contributed by atoms with Crippen LogP contribution in [-0.4, -0.2) is 55.4 Å². The number of benzene rings is 1. The number of ketones is 1. The van der Waals surface area contributed by atoms with Crippen molar-refractivity contribution in [2.75, 3.05) is 33.7 Å². The SMILES string of the molecule is Cc1ccc(C(=O)C(C)N(CCN(C)C)CC(C)C)cc1. The van der Waals surface area contributed by atoms with Crippen molar-refractivity contribution in [2.45, 2.75) is 33.7 Å². The summed E-state index contributed by atoms with van der Waals surface area (Å²) in [7, 11) is 4.14. The molecular formula is C18H30N2O. The van der Waals surface area contributed by atoms with E-state index in [0.717, 1.165) is 25.2 Å². The molecule has 1 aromatic carbocycles. The Balaban J connectivity index is 2.79. The van der Waals surface area contributed by atoms with Crippen molar-refractivity contribution in [1.29, 1.82) is 0 Å². The molecule has 1 atom stereocenters. The number of Topliss-reactive ketones (excluding diaryl/α,β-unsaturated/α-hetero) is 1. The minimum atomic E-state index is -0.0740. The fraction of sp³-hybridized carbons (Fsp3) is 0.611. The second kappa shape index (κ2) is 8.30. The van der Waals surface area contributed by atoms with Crippen molar-refractivity contribution < 1.29 is 4.79 Å². The highest BCUT2D eigenvalue weighted by atomic mass is 16.1. The van der Waals surface area contributed by atoms with Gasteiger partial charge in [0.05, 0.1) is 6.04 Å². The summed E-state index contributed by atoms with van der Waals surface area (Å²) in [5.74, 6) is 0.773. The zero-order chi connectivity index (χ0) is 16.0. The van der Waals surface area contributed by atoms with Gasteiger partial charge in [-0.05, 0) is 33.9 Å². The largest absolute Gasteiger partial charge is 0.308 e. The first kappa shape index (κ1) is 17.9. The Morgan fingerprint density at radius 1 is 1.05 bits per heavy atom. The van der Waals surface area contributed by atoms with Gasteiger partial charge in [-0.3, -0.25) is 9.69 Å². The predicted octanol–water partition coefficient (Wildman–Crippen LogP) is 3.09. The van der Waals surface area contributed by atoms with Crippen LogP contribution < -0.4 is 0 Å². The molecule has 1 unspecified atom stereocenters. The van der Waals surface area contributed by atoms with Gasteiger partial charge in [0.15, 0.2) is 5.78 Å². The third-order valence-electron chi connectivity index (χ3n) is 3.70. The number of aryl methyl sites for hydroxylation is 1. The number of carbonyl (C=O) groups excluding carboxylic acids is 1. The van der Waals surface area contributed by atoms with E-state index >= 15 is 0 Å². The van der Waals surface area contributed by atoms with Crippen LogP contribution >= 0.6 is 0 Å². The molecule has 0 aromatic heterocycles. The molecule has 0 saturated carbocycles. The average Bonchev–Trinajstić information content (AvgIpc) is 2.42. The molecule has 21 heavy (non-hydrogen) atoms. The molecule has 0 aliphatic carbocycles. The Kier molecular flexibility index (Phi) is 7.06. The molecule has 1 aromatic rings. The number of nitrogens with zero attached hydrogens (tertiary/aromatic N) is 2. The van der Waals surface area contributed by atoms with Gasteiger partial charge < -0.3 is 4.90 Å². The first-order valence-corrected chi connectivity index (χ1v) is 7.81. The van der Waals surface area contributed by atoms with E-state index in [4.69, 9.17) is 0 Å². The summed E-state index contributed by atoms with van der Waals surface area (Å²) in [5.41, 5.74) is 2.00. The molecule has 3 nitrogen and oxygen atoms in total. The van der Waals surface area contributed by atoms with Gasteiger partial charge in [-0.25, -0.2) is 0 Å². The zero-order valence-electron chi connectivity index (χ0n) is 14.4. The van der Waals surface area contributed by atoms with Crippen LogP contribution in [0.25, 0.3) is 0 Å². The monoisotopic (exact) mass is 290 g/mol. The summed E-state index contributed by atoms with van der Waals surface area (Å²) >= 11 is 0. The Hall–Kier alpha value is -1.19. The van der Waals surface area contributed by atoms with Gasteiger partial charge in [0.2, 0.25) is 0 Å². The lowest BCUT2D eigenvalue weighted by Crippen LogP contribution is -2.44. The highest BCUT2D eigenvalue weighted by molar-refractivity contribution is 5.99. The van der Waals surface area contributed by atoms with Gasteiger partial charge in [0.1, 0.15) is 0 Å². The van der Waals surface area contributed by atoms with Gasteiger partial charge in [0, 0.05) is 25.2 Å². The topological polar surface area (TPSA) is 23.6 Å². The Labute approximate surface area is 129 Å². The van der Waals surface area contributed by atoms with E-state index in [2.05, 4.69) is 37.7 Å². The second-order valence-corrected chi connectivity index (χ2v) is 6.60. The van der Waals surface area contributed by atoms with Crippen LogP contribution in [0.4, 0.5) is 0 Å². The molecule has 3 heteroatoms. The van der Waals surface area contributed by atoms with Crippen molar-refractivity contribution in [3.63, 3.8) is 0 Å². The maximum absolute atomic E-state index is 12.7. The maximum Gasteiger partial charge on any atom is 0.179 e. The predicted molar refractivity (Wildman–Crippen MR) is 89.9 cm³/mol. The summed E-state index contributed by atoms with van der Waals surface area (Å²) in [5, 5.41) is 0. The molecule has 0 aliphatic rings. The molecular weight excluding hydrogens is 260 g/mol. The van der Waals surface area contributed by atoms with E-state index in [1.807, 2.05) is 38.1 Å². The van der Waals surface area contributed by atoms with Crippen LogP contribution in [-0.2, 0) is 0 Å². The quantitative estimate of drug-likeness (QED) is 0.687. The number of rotatable bonds is 8. The van der Waals surface area contributed by atoms with E-state index in [9.17, 15) is 4.79 Å². The summed E-state index contributed by atoms with van der Waals surface area (Å²) in [6, 6.07) is 7.82. The van der Waals surface area contributed by atoms with Crippen molar-refractivity contribution in [3.05, 3.63) is 35.4 Å². The first-order valence-electron chi connectivity index (χ1n) is 7.81. The minimum Gasteiger partial charge on any atom is -0.308 e. The Morgan fingerprint density at radius 3 is 2.10 bits per heavy atom. The Morgan fingerprint density at radius 2 is 1.62 bits per heavy atom. The van der Waals surface area contributed by atoms with Crippen molar-refractivity contribution in [3.8, 4) is 0 Å². The van der Waals surface area contributed by atoms with Crippen LogP contribution in [0.2, 0.25) is 0 Å². The van der Waals surface area contributed by atoms with Crippen molar-refractivity contribution >= 4 is 5.78 Å². The molecule has 0 radical (unpaired) electrons. The minimum absolute atomic E-state index is 0.0740. The molecule has 0 aliphatic heterocycles. The van der Waals surface area contributed by atoms with E-state index in [0.29, 0.717) is 5.92 Å². The first-order chi connectivity index (χ1) is 9.81. The number of hydrogen-bond acceptors (Lipinski definition) is 3. The lowest BCUT2D eigenvalue weighted by atomic mass is 10.0. The van der Waals surface area contributed by atoms with Gasteiger partial charge in [-0.15, -0.1) is 0 Å². The smallest absolute Gasteiger partial charge is 0.179 e. The Bertz CT molecular complexity index is 437. The van der Waals surface area contributed by atoms with E-state index in [-0.39, 0.29) is 11.8 Å². The highest BCUT2D eigenvalue weighted by Gasteiger charge is 2.22. The standard InChI is InChI=1S/C18H30N2O/c1-14(2)13-20(12-11-19(5)6)16(4)18(21)17-9-7-15(3)8-10-17/h7-10,14,16H,11-13H2,1-6H3. The fourth-order valence-electron chi connectivity index (χ4n) is 2.37. The number of likely N-dealkylation sites (N-methyl/N-ethyl adjacent to an activating group) is 1. The highest BCUT2D eigenvalue weighted by Crippen LogP contribution is 2.12. The molecule has 0 bridgehead atoms. The molecule has 0 heterocycles. The van der Waals surface area contributed by atoms with Crippen molar-refractivity contribution in [1.82, 2.24) is 9.80 Å². The molecule has 0 N–H and O–H groups in total. The second-order valence-electron chi connectivity index (χ2n) is 6.60. The van der Waals surface area contributed by atoms with Gasteiger partial charge >= 0.3 is 0 Å². The summed E-state index contributed by atoms with van der Waals surface area (Å²) < 4.78 is 0. The molecule has 0 fully saturated rings. The molecule has 0 amide bonds. The number of carbonyl (C=O) groups is 1. The third kappa shape index (κ3) is 5.98. The van der Waals surface area contributed by atoms with Gasteiger partial charge in [0.25, 0.3) is 0 Å². The molecule has 118 valence electrons. The maximum atomic E-state index is 12.7. The number of hydrogen-bond donors (Lipinski definition) is 0. The molecule has 0 saturated heterocycles. The molecule has 0 spiro atoms. The van der Waals surface area contributed by atoms with Crippen LogP contribution in [0.15, 0.2) is 24.3 Å². The van der Waals surface area contributed by atoms with Crippen LogP contribution in [0.5, 0.6) is 0 Å². The fourth-order valence-corrected chi connectivity index (χ4v) is 2.37. The summed E-state index contributed by atoms with van der Waals surface area (Å²) in [6.45, 7) is 11.3. The van der Waals surface area contributed by atoms with Crippen LogP contribution in [0.1, 0.15) is 36.7 Å². The van der Waals surface area contributed by atoms with Crippen LogP contribution in [0.3, 0.4) is 0 Å². The zero-order valence-corrected chi connectivity index (χ0v) is 14.4. The van der Waals surface area contributed by atoms with E-state index < -0.39 is 0 Å². The summed E-state index contributed by atoms with van der Waals surface area (Å²) in [6.07, 6.45) is 0. The lowest BCUT2D eigenvalue weighted by Gasteiger charge is -2.30. The van der Waals surface area contributed by atoms with E-state index in [1.54, 1.807) is 0 Å². The molecule has 1 rings (SSSR count). The third-order valence-corrected chi connectivity index (χ3v) is 3.70. The van der Waals surface area contributed by atoms with Crippen molar-refractivity contribution in [2.24, 2.45) is 5.92 Å². The van der Waals surface area contributed by atoms with Gasteiger partial charge in [-0.2, -0.15) is 0 Å². The van der Waals surface area contributed by atoms with E-state index in [1.165, 1.54) is 5.56 Å². The van der Waals surface area contributed by atoms with Crippen LogP contribution in [0, 0.1) is 12.8 Å². The lowest BCUT2D eigenvalue weighted by molar-refractivity contribution is 0.0809. The van der Waals surface area contributed by atoms with Gasteiger partial charge in [-0.1, -0.05) is 43.7 Å². The summed E-state index contributed by atoms with van der Waals surface area (Å²) in [4.78, 5) is 17.1.